The van der Waals surface area contributed by atoms with Gasteiger partial charge in [-0.05, 0) is 19.1 Å². The number of halogens is 2. The van der Waals surface area contributed by atoms with Gasteiger partial charge in [0.15, 0.2) is 0 Å². The first-order valence-electron chi connectivity index (χ1n) is 3.98. The molecule has 0 heterocycles. The number of amides is 1. The molecule has 0 aliphatic carbocycles. The highest BCUT2D eigenvalue weighted by molar-refractivity contribution is 6.55. The van der Waals surface area contributed by atoms with E-state index in [1.165, 1.54) is 6.20 Å². The van der Waals surface area contributed by atoms with E-state index in [4.69, 9.17) is 23.2 Å². The summed E-state index contributed by atoms with van der Waals surface area (Å²) in [4.78, 5) is 11.4. The van der Waals surface area contributed by atoms with Gasteiger partial charge in [0.2, 0.25) is 0 Å². The van der Waals surface area contributed by atoms with Crippen molar-refractivity contribution in [3.05, 3.63) is 46.1 Å². The lowest BCUT2D eigenvalue weighted by atomic mass is 10.1. The zero-order valence-electron chi connectivity index (χ0n) is 7.55. The SMILES string of the molecule is Cc1cccc(C(=O)NC=C(Cl)Cl)c1. The molecule has 0 radical (unpaired) electrons. The third-order valence-corrected chi connectivity index (χ3v) is 1.81. The summed E-state index contributed by atoms with van der Waals surface area (Å²) in [5.41, 5.74) is 1.61. The number of rotatable bonds is 2. The number of carbonyl (C=O) groups excluding carboxylic acids is 1. The highest BCUT2D eigenvalue weighted by atomic mass is 35.5. The summed E-state index contributed by atoms with van der Waals surface area (Å²) in [6.45, 7) is 1.92. The first-order chi connectivity index (χ1) is 6.59. The minimum absolute atomic E-state index is 0.0194. The number of hydrogen-bond donors (Lipinski definition) is 1. The summed E-state index contributed by atoms with van der Waals surface area (Å²) in [6, 6.07) is 7.24. The van der Waals surface area contributed by atoms with Gasteiger partial charge in [0, 0.05) is 11.8 Å². The molecule has 4 heteroatoms. The van der Waals surface area contributed by atoms with Gasteiger partial charge in [-0.15, -0.1) is 0 Å². The van der Waals surface area contributed by atoms with Crippen molar-refractivity contribution < 1.29 is 4.79 Å². The maximum atomic E-state index is 11.4. The van der Waals surface area contributed by atoms with Crippen molar-refractivity contribution >= 4 is 29.1 Å². The number of carbonyl (C=O) groups is 1. The van der Waals surface area contributed by atoms with E-state index in [9.17, 15) is 4.79 Å². The van der Waals surface area contributed by atoms with Gasteiger partial charge >= 0.3 is 0 Å². The van der Waals surface area contributed by atoms with Crippen molar-refractivity contribution in [2.24, 2.45) is 0 Å². The average molecular weight is 230 g/mol. The summed E-state index contributed by atoms with van der Waals surface area (Å²) < 4.78 is 0.0194. The van der Waals surface area contributed by atoms with E-state index in [1.807, 2.05) is 19.1 Å². The normalized spacial score (nSPS) is 9.36. The van der Waals surface area contributed by atoms with Crippen LogP contribution in [0.5, 0.6) is 0 Å². The molecule has 0 spiro atoms. The van der Waals surface area contributed by atoms with E-state index in [0.717, 1.165) is 5.56 Å². The van der Waals surface area contributed by atoms with Crippen molar-refractivity contribution in [1.29, 1.82) is 0 Å². The van der Waals surface area contributed by atoms with Gasteiger partial charge in [-0.2, -0.15) is 0 Å². The number of hydrogen-bond acceptors (Lipinski definition) is 1. The highest BCUT2D eigenvalue weighted by Gasteiger charge is 2.02. The molecule has 1 N–H and O–H groups in total. The third kappa shape index (κ3) is 3.40. The van der Waals surface area contributed by atoms with Gasteiger partial charge < -0.3 is 5.32 Å². The lowest BCUT2D eigenvalue weighted by Crippen LogP contribution is -2.17. The summed E-state index contributed by atoms with van der Waals surface area (Å²) in [5, 5.41) is 2.46. The zero-order valence-corrected chi connectivity index (χ0v) is 9.06. The van der Waals surface area contributed by atoms with E-state index >= 15 is 0 Å². The molecule has 14 heavy (non-hydrogen) atoms. The van der Waals surface area contributed by atoms with E-state index in [0.29, 0.717) is 5.56 Å². The molecule has 0 fully saturated rings. The molecule has 0 aliphatic heterocycles. The maximum absolute atomic E-state index is 11.4. The van der Waals surface area contributed by atoms with Crippen LogP contribution in [0.2, 0.25) is 0 Å². The minimum Gasteiger partial charge on any atom is -0.326 e. The van der Waals surface area contributed by atoms with E-state index < -0.39 is 0 Å². The van der Waals surface area contributed by atoms with Gasteiger partial charge in [-0.1, -0.05) is 40.9 Å². The van der Waals surface area contributed by atoms with Crippen LogP contribution in [-0.4, -0.2) is 5.91 Å². The van der Waals surface area contributed by atoms with Gasteiger partial charge in [-0.3, -0.25) is 4.79 Å². The Bertz CT molecular complexity index is 370. The fourth-order valence-corrected chi connectivity index (χ4v) is 1.10. The first kappa shape index (κ1) is 11.1. The second kappa shape index (κ2) is 5.03. The molecular formula is C10H9Cl2NO. The van der Waals surface area contributed by atoms with Gasteiger partial charge in [0.05, 0.1) is 0 Å². The molecule has 1 aromatic rings. The van der Waals surface area contributed by atoms with E-state index in [2.05, 4.69) is 5.32 Å². The Kier molecular flexibility index (Phi) is 3.98. The number of nitrogens with one attached hydrogen (secondary N) is 1. The van der Waals surface area contributed by atoms with Crippen molar-refractivity contribution in [3.63, 3.8) is 0 Å². The molecule has 0 saturated heterocycles. The van der Waals surface area contributed by atoms with Crippen LogP contribution in [-0.2, 0) is 0 Å². The zero-order chi connectivity index (χ0) is 10.6. The van der Waals surface area contributed by atoms with Crippen molar-refractivity contribution in [1.82, 2.24) is 5.32 Å². The van der Waals surface area contributed by atoms with Crippen LogP contribution in [0.1, 0.15) is 15.9 Å². The fourth-order valence-electron chi connectivity index (χ4n) is 0.990. The average Bonchev–Trinajstić information content (AvgIpc) is 2.14. The van der Waals surface area contributed by atoms with Crippen LogP contribution in [0.4, 0.5) is 0 Å². The van der Waals surface area contributed by atoms with Crippen LogP contribution >= 0.6 is 23.2 Å². The summed E-state index contributed by atoms with van der Waals surface area (Å²) in [5.74, 6) is -0.229. The van der Waals surface area contributed by atoms with E-state index in [-0.39, 0.29) is 10.4 Å². The van der Waals surface area contributed by atoms with Crippen molar-refractivity contribution in [3.8, 4) is 0 Å². The predicted molar refractivity (Wildman–Crippen MR) is 58.4 cm³/mol. The molecular weight excluding hydrogens is 221 g/mol. The van der Waals surface area contributed by atoms with Gasteiger partial charge in [0.1, 0.15) is 4.49 Å². The summed E-state index contributed by atoms with van der Waals surface area (Å²) >= 11 is 10.7. The predicted octanol–water partition coefficient (Wildman–Crippen LogP) is 3.00. The molecule has 1 aromatic carbocycles. The summed E-state index contributed by atoms with van der Waals surface area (Å²) in [7, 11) is 0. The topological polar surface area (TPSA) is 29.1 Å². The molecule has 2 nitrogen and oxygen atoms in total. The summed E-state index contributed by atoms with van der Waals surface area (Å²) in [6.07, 6.45) is 1.24. The fraction of sp³-hybridized carbons (Fsp3) is 0.100. The minimum atomic E-state index is -0.229. The van der Waals surface area contributed by atoms with Gasteiger partial charge in [0.25, 0.3) is 5.91 Å². The van der Waals surface area contributed by atoms with Crippen LogP contribution in [0, 0.1) is 6.92 Å². The monoisotopic (exact) mass is 229 g/mol. The molecule has 0 unspecified atom stereocenters. The quantitative estimate of drug-likeness (QED) is 0.831. The van der Waals surface area contributed by atoms with Crippen LogP contribution in [0.3, 0.4) is 0 Å². The smallest absolute Gasteiger partial charge is 0.255 e. The Labute approximate surface area is 92.5 Å². The second-order valence-electron chi connectivity index (χ2n) is 2.78. The molecule has 0 aromatic heterocycles. The van der Waals surface area contributed by atoms with Crippen LogP contribution in [0.15, 0.2) is 35.0 Å². The first-order valence-corrected chi connectivity index (χ1v) is 4.74. The van der Waals surface area contributed by atoms with Crippen molar-refractivity contribution in [2.45, 2.75) is 6.92 Å². The lowest BCUT2D eigenvalue weighted by molar-refractivity contribution is 0.0970. The standard InChI is InChI=1S/C10H9Cl2NO/c1-7-3-2-4-8(5-7)10(14)13-6-9(11)12/h2-6H,1H3,(H,13,14). The number of aryl methyl sites for hydroxylation is 1. The molecule has 0 atom stereocenters. The van der Waals surface area contributed by atoms with Gasteiger partial charge in [-0.25, -0.2) is 0 Å². The Morgan fingerprint density at radius 2 is 2.14 bits per heavy atom. The molecule has 74 valence electrons. The molecule has 0 bridgehead atoms. The Morgan fingerprint density at radius 3 is 2.71 bits per heavy atom. The third-order valence-electron chi connectivity index (χ3n) is 1.59. The van der Waals surface area contributed by atoms with E-state index in [1.54, 1.807) is 12.1 Å². The van der Waals surface area contributed by atoms with Crippen LogP contribution < -0.4 is 5.32 Å². The Balaban J connectivity index is 2.75. The highest BCUT2D eigenvalue weighted by Crippen LogP contribution is 2.06. The molecule has 1 rings (SSSR count). The lowest BCUT2D eigenvalue weighted by Gasteiger charge is -2.00. The largest absolute Gasteiger partial charge is 0.326 e. The van der Waals surface area contributed by atoms with Crippen molar-refractivity contribution in [2.75, 3.05) is 0 Å². The molecule has 0 aliphatic rings. The number of benzene rings is 1. The Hall–Kier alpha value is -0.990. The van der Waals surface area contributed by atoms with Crippen LogP contribution in [0.25, 0.3) is 0 Å². The molecule has 0 saturated carbocycles. The second-order valence-corrected chi connectivity index (χ2v) is 3.78. The maximum Gasteiger partial charge on any atom is 0.255 e. The molecule has 1 amide bonds. The Morgan fingerprint density at radius 1 is 1.43 bits per heavy atom.